The van der Waals surface area contributed by atoms with Crippen molar-refractivity contribution in [3.05, 3.63) is 102 Å². The molecule has 0 aliphatic heterocycles. The minimum absolute atomic E-state index is 0.0402. The number of para-hydroxylation sites is 1. The highest BCUT2D eigenvalue weighted by Crippen LogP contribution is 2.26. The Labute approximate surface area is 204 Å². The minimum Gasteiger partial charge on any atom is -0.497 e. The van der Waals surface area contributed by atoms with Crippen molar-refractivity contribution in [2.75, 3.05) is 19.4 Å². The summed E-state index contributed by atoms with van der Waals surface area (Å²) in [4.78, 5) is 13.1. The van der Waals surface area contributed by atoms with Gasteiger partial charge in [-0.15, -0.1) is 0 Å². The predicted octanol–water partition coefficient (Wildman–Crippen LogP) is 3.40. The second-order valence-electron chi connectivity index (χ2n) is 7.78. The molecule has 4 rings (SSSR count). The van der Waals surface area contributed by atoms with Crippen LogP contribution in [-0.4, -0.2) is 43.5 Å². The number of carbonyl (C=O) groups is 1. The van der Waals surface area contributed by atoms with E-state index in [9.17, 15) is 13.2 Å². The number of ether oxygens (including phenoxy) is 1. The van der Waals surface area contributed by atoms with Crippen LogP contribution in [0.2, 0.25) is 0 Å². The van der Waals surface area contributed by atoms with Gasteiger partial charge >= 0.3 is 0 Å². The van der Waals surface area contributed by atoms with Crippen LogP contribution in [0.4, 0.5) is 0 Å². The largest absolute Gasteiger partial charge is 0.497 e. The molecule has 0 fully saturated rings. The first-order valence-corrected chi connectivity index (χ1v) is 12.7. The molecule has 8 nitrogen and oxygen atoms in total. The summed E-state index contributed by atoms with van der Waals surface area (Å²) in [6, 6.07) is 25.9. The summed E-state index contributed by atoms with van der Waals surface area (Å²) in [5, 5.41) is 7.35. The lowest BCUT2D eigenvalue weighted by Gasteiger charge is -2.08. The number of hydrogen-bond donors (Lipinski definition) is 2. The minimum atomic E-state index is -3.56. The van der Waals surface area contributed by atoms with Crippen LogP contribution in [0.5, 0.6) is 5.75 Å². The van der Waals surface area contributed by atoms with E-state index in [1.54, 1.807) is 30.1 Å². The van der Waals surface area contributed by atoms with Crippen LogP contribution < -0.4 is 14.8 Å². The fourth-order valence-electron chi connectivity index (χ4n) is 3.47. The number of aromatic nitrogens is 2. The Balaban J connectivity index is 1.48. The van der Waals surface area contributed by atoms with Crippen LogP contribution in [0, 0.1) is 0 Å². The van der Waals surface area contributed by atoms with E-state index >= 15 is 0 Å². The Hall–Kier alpha value is -3.95. The third-order valence-corrected chi connectivity index (χ3v) is 6.66. The standard InChI is InChI=1S/C26H26N4O4S/c1-34-23-14-12-21(13-15-23)25-24(19-30(29-25)22-10-6-3-7-11-22)26(31)27-16-17-35(32,33)28-18-20-8-4-2-5-9-20/h2-15,19,28H,16-18H2,1H3,(H,27,31). The Kier molecular flexibility index (Phi) is 7.59. The summed E-state index contributed by atoms with van der Waals surface area (Å²) >= 11 is 0. The Morgan fingerprint density at radius 3 is 2.26 bits per heavy atom. The summed E-state index contributed by atoms with van der Waals surface area (Å²) in [5.74, 6) is 0.0442. The summed E-state index contributed by atoms with van der Waals surface area (Å²) in [5.41, 5.74) is 3.22. The highest BCUT2D eigenvalue weighted by Gasteiger charge is 2.19. The quantitative estimate of drug-likeness (QED) is 0.355. The van der Waals surface area contributed by atoms with Gasteiger partial charge in [-0.2, -0.15) is 5.10 Å². The number of sulfonamides is 1. The van der Waals surface area contributed by atoms with Gasteiger partial charge in [0.2, 0.25) is 10.0 Å². The van der Waals surface area contributed by atoms with Crippen molar-refractivity contribution in [3.63, 3.8) is 0 Å². The molecule has 0 aliphatic carbocycles. The van der Waals surface area contributed by atoms with Crippen molar-refractivity contribution in [1.29, 1.82) is 0 Å². The predicted molar refractivity (Wildman–Crippen MR) is 135 cm³/mol. The van der Waals surface area contributed by atoms with Gasteiger partial charge in [-0.05, 0) is 42.0 Å². The monoisotopic (exact) mass is 490 g/mol. The van der Waals surface area contributed by atoms with Crippen molar-refractivity contribution in [2.45, 2.75) is 6.54 Å². The molecule has 2 N–H and O–H groups in total. The van der Waals surface area contributed by atoms with Crippen LogP contribution in [0.15, 0.2) is 91.1 Å². The average molecular weight is 491 g/mol. The molecule has 0 saturated heterocycles. The van der Waals surface area contributed by atoms with Crippen molar-refractivity contribution in [1.82, 2.24) is 19.8 Å². The van der Waals surface area contributed by atoms with Gasteiger partial charge in [0, 0.05) is 24.8 Å². The third kappa shape index (κ3) is 6.34. The third-order valence-electron chi connectivity index (χ3n) is 5.34. The Morgan fingerprint density at radius 2 is 1.60 bits per heavy atom. The van der Waals surface area contributed by atoms with E-state index in [0.717, 1.165) is 16.8 Å². The molecule has 0 radical (unpaired) electrons. The van der Waals surface area contributed by atoms with Gasteiger partial charge in [-0.25, -0.2) is 17.8 Å². The van der Waals surface area contributed by atoms with E-state index in [2.05, 4.69) is 15.1 Å². The van der Waals surface area contributed by atoms with Gasteiger partial charge in [0.25, 0.3) is 5.91 Å². The molecular weight excluding hydrogens is 464 g/mol. The summed E-state index contributed by atoms with van der Waals surface area (Å²) in [6.07, 6.45) is 1.65. The Morgan fingerprint density at radius 1 is 0.943 bits per heavy atom. The zero-order valence-electron chi connectivity index (χ0n) is 19.2. The van der Waals surface area contributed by atoms with Crippen LogP contribution in [0.3, 0.4) is 0 Å². The number of nitrogens with one attached hydrogen (secondary N) is 2. The number of rotatable bonds is 10. The molecule has 0 unspecified atom stereocenters. The molecule has 4 aromatic rings. The maximum Gasteiger partial charge on any atom is 0.255 e. The summed E-state index contributed by atoms with van der Waals surface area (Å²) in [6.45, 7) is 0.157. The van der Waals surface area contributed by atoms with Crippen molar-refractivity contribution >= 4 is 15.9 Å². The van der Waals surface area contributed by atoms with E-state index in [-0.39, 0.29) is 18.8 Å². The first-order chi connectivity index (χ1) is 16.9. The lowest BCUT2D eigenvalue weighted by Crippen LogP contribution is -2.34. The highest BCUT2D eigenvalue weighted by molar-refractivity contribution is 7.89. The number of carbonyl (C=O) groups excluding carboxylic acids is 1. The van der Waals surface area contributed by atoms with Gasteiger partial charge < -0.3 is 10.1 Å². The van der Waals surface area contributed by atoms with Gasteiger partial charge in [-0.3, -0.25) is 4.79 Å². The molecule has 35 heavy (non-hydrogen) atoms. The molecule has 1 aromatic heterocycles. The van der Waals surface area contributed by atoms with Gasteiger partial charge in [0.1, 0.15) is 11.4 Å². The molecule has 0 aliphatic rings. The zero-order chi connectivity index (χ0) is 24.7. The first-order valence-electron chi connectivity index (χ1n) is 11.0. The van der Waals surface area contributed by atoms with Crippen molar-refractivity contribution in [3.8, 4) is 22.7 Å². The molecule has 3 aromatic carbocycles. The number of hydrogen-bond acceptors (Lipinski definition) is 5. The topological polar surface area (TPSA) is 102 Å². The number of methoxy groups -OCH3 is 1. The number of amides is 1. The lowest BCUT2D eigenvalue weighted by molar-refractivity contribution is 0.0956. The van der Waals surface area contributed by atoms with Crippen LogP contribution in [0.25, 0.3) is 16.9 Å². The van der Waals surface area contributed by atoms with Crippen LogP contribution in [-0.2, 0) is 16.6 Å². The molecule has 0 spiro atoms. The molecule has 0 saturated carbocycles. The first kappa shape index (κ1) is 24.2. The molecule has 1 heterocycles. The van der Waals surface area contributed by atoms with E-state index < -0.39 is 15.9 Å². The molecule has 0 atom stereocenters. The van der Waals surface area contributed by atoms with Crippen molar-refractivity contribution in [2.24, 2.45) is 0 Å². The molecule has 1 amide bonds. The van der Waals surface area contributed by atoms with Gasteiger partial charge in [0.15, 0.2) is 0 Å². The second-order valence-corrected chi connectivity index (χ2v) is 9.71. The summed E-state index contributed by atoms with van der Waals surface area (Å²) in [7, 11) is -1.98. The normalized spacial score (nSPS) is 11.2. The van der Waals surface area contributed by atoms with Gasteiger partial charge in [0.05, 0.1) is 24.1 Å². The highest BCUT2D eigenvalue weighted by atomic mass is 32.2. The SMILES string of the molecule is COc1ccc(-c2nn(-c3ccccc3)cc2C(=O)NCCS(=O)(=O)NCc2ccccc2)cc1. The number of nitrogens with zero attached hydrogens (tertiary/aromatic N) is 2. The Bertz CT molecular complexity index is 1370. The molecule has 180 valence electrons. The van der Waals surface area contributed by atoms with Crippen LogP contribution in [0.1, 0.15) is 15.9 Å². The molecular formula is C26H26N4O4S. The van der Waals surface area contributed by atoms with E-state index in [0.29, 0.717) is 17.0 Å². The fraction of sp³-hybridized carbons (Fsp3) is 0.154. The van der Waals surface area contributed by atoms with Crippen molar-refractivity contribution < 1.29 is 17.9 Å². The van der Waals surface area contributed by atoms with Crippen LogP contribution >= 0.6 is 0 Å². The zero-order valence-corrected chi connectivity index (χ0v) is 20.0. The van der Waals surface area contributed by atoms with Gasteiger partial charge in [-0.1, -0.05) is 48.5 Å². The number of benzene rings is 3. The van der Waals surface area contributed by atoms with E-state index in [1.165, 1.54) is 0 Å². The van der Waals surface area contributed by atoms with E-state index in [4.69, 9.17) is 4.74 Å². The maximum atomic E-state index is 13.1. The second kappa shape index (κ2) is 11.0. The fourth-order valence-corrected chi connectivity index (χ4v) is 4.37. The van der Waals surface area contributed by atoms with E-state index in [1.807, 2.05) is 72.8 Å². The molecule has 9 heteroatoms. The lowest BCUT2D eigenvalue weighted by atomic mass is 10.1. The smallest absolute Gasteiger partial charge is 0.255 e. The summed E-state index contributed by atoms with van der Waals surface area (Å²) < 4.78 is 34.1. The molecule has 0 bridgehead atoms. The average Bonchev–Trinajstić information content (AvgIpc) is 3.34. The maximum absolute atomic E-state index is 13.1.